The van der Waals surface area contributed by atoms with Gasteiger partial charge >= 0.3 is 0 Å². The van der Waals surface area contributed by atoms with Gasteiger partial charge in [0.25, 0.3) is 0 Å². The van der Waals surface area contributed by atoms with Gasteiger partial charge in [-0.25, -0.2) is 0 Å². The van der Waals surface area contributed by atoms with Gasteiger partial charge in [0, 0.05) is 35.9 Å². The highest BCUT2D eigenvalue weighted by Crippen LogP contribution is 2.22. The Morgan fingerprint density at radius 2 is 1.09 bits per heavy atom. The summed E-state index contributed by atoms with van der Waals surface area (Å²) >= 11 is 0. The van der Waals surface area contributed by atoms with E-state index in [1.54, 1.807) is 0 Å². The number of ether oxygens (including phenoxy) is 4. The van der Waals surface area contributed by atoms with Crippen molar-refractivity contribution in [2.75, 3.05) is 44.8 Å². The summed E-state index contributed by atoms with van der Waals surface area (Å²) in [5.74, 6) is 3.49. The van der Waals surface area contributed by atoms with E-state index in [1.165, 1.54) is 38.5 Å². The van der Waals surface area contributed by atoms with Crippen LogP contribution in [0, 0.1) is 0 Å². The summed E-state index contributed by atoms with van der Waals surface area (Å²) in [7, 11) is 0. The summed E-state index contributed by atoms with van der Waals surface area (Å²) in [6, 6.07) is 25.9. The third kappa shape index (κ3) is 14.9. The maximum Gasteiger partial charge on any atom is 0.122 e. The second-order valence-corrected chi connectivity index (χ2v) is 11.3. The molecule has 0 aliphatic carbocycles. The fourth-order valence-corrected chi connectivity index (χ4v) is 4.75. The van der Waals surface area contributed by atoms with Gasteiger partial charge in [-0.15, -0.1) is 0 Å². The number of nitrogens with one attached hydrogen (secondary N) is 1. The van der Waals surface area contributed by atoms with Crippen molar-refractivity contribution < 1.29 is 18.9 Å². The van der Waals surface area contributed by atoms with Gasteiger partial charge in [0.05, 0.1) is 31.9 Å². The molecule has 0 spiro atoms. The highest BCUT2D eigenvalue weighted by molar-refractivity contribution is 5.90. The number of hydrogen-bond acceptors (Lipinski definition) is 7. The second-order valence-electron chi connectivity index (χ2n) is 11.3. The molecule has 0 atom stereocenters. The molecule has 0 bridgehead atoms. The molecule has 4 aromatic rings. The molecule has 1 heterocycles. The zero-order valence-electron chi connectivity index (χ0n) is 28.1. The highest BCUT2D eigenvalue weighted by Gasteiger charge is 2.02. The Labute approximate surface area is 276 Å². The lowest BCUT2D eigenvalue weighted by Crippen LogP contribution is -2.07. The summed E-state index contributed by atoms with van der Waals surface area (Å²) < 4.78 is 23.0. The topological polar surface area (TPSA) is 87.9 Å². The van der Waals surface area contributed by atoms with E-state index >= 15 is 0 Å². The normalized spacial score (nSPS) is 10.6. The van der Waals surface area contributed by atoms with Gasteiger partial charge in [-0.3, -0.25) is 4.98 Å². The predicted molar refractivity (Wildman–Crippen MR) is 192 cm³/mol. The van der Waals surface area contributed by atoms with Crippen molar-refractivity contribution in [1.82, 2.24) is 4.98 Å². The van der Waals surface area contributed by atoms with Crippen molar-refractivity contribution in [1.29, 1.82) is 0 Å². The summed E-state index contributed by atoms with van der Waals surface area (Å²) in [5, 5.41) is 4.63. The molecule has 250 valence electrons. The van der Waals surface area contributed by atoms with E-state index in [0.29, 0.717) is 19.8 Å². The number of nitrogens with two attached hydrogens (primary N) is 1. The first-order chi connectivity index (χ1) is 22.7. The summed E-state index contributed by atoms with van der Waals surface area (Å²) in [6.07, 6.45) is 13.4. The molecule has 0 unspecified atom stereocenters. The van der Waals surface area contributed by atoms with Crippen LogP contribution in [-0.2, 0) is 0 Å². The third-order valence-electron chi connectivity index (χ3n) is 7.32. The minimum absolute atomic E-state index is 0.660. The molecule has 0 radical (unpaired) electrons. The first-order valence-corrected chi connectivity index (χ1v) is 17.2. The van der Waals surface area contributed by atoms with Crippen LogP contribution >= 0.6 is 0 Å². The number of fused-ring (bicyclic) bond motifs is 1. The van der Waals surface area contributed by atoms with E-state index in [4.69, 9.17) is 24.7 Å². The summed E-state index contributed by atoms with van der Waals surface area (Å²) in [4.78, 5) is 4.39. The van der Waals surface area contributed by atoms with E-state index in [-0.39, 0.29) is 0 Å². The molecule has 3 N–H and O–H groups in total. The van der Waals surface area contributed by atoms with Crippen LogP contribution in [0.15, 0.2) is 85.1 Å². The lowest BCUT2D eigenvalue weighted by molar-refractivity contribution is 0.293. The van der Waals surface area contributed by atoms with Crippen molar-refractivity contribution in [2.24, 2.45) is 5.73 Å². The average Bonchev–Trinajstić information content (AvgIpc) is 3.09. The zero-order chi connectivity index (χ0) is 32.5. The van der Waals surface area contributed by atoms with Crippen LogP contribution < -0.4 is 30.0 Å². The van der Waals surface area contributed by atoms with Crippen LogP contribution in [0.4, 0.5) is 5.69 Å². The van der Waals surface area contributed by atoms with Crippen molar-refractivity contribution in [3.05, 3.63) is 85.1 Å². The lowest BCUT2D eigenvalue weighted by atomic mass is 10.2. The maximum atomic E-state index is 5.88. The maximum absolute atomic E-state index is 5.88. The van der Waals surface area contributed by atoms with Gasteiger partial charge in [0.15, 0.2) is 0 Å². The minimum Gasteiger partial charge on any atom is -0.493 e. The molecule has 7 nitrogen and oxygen atoms in total. The second kappa shape index (κ2) is 23.4. The molecule has 0 aliphatic heterocycles. The number of hydrogen-bond donors (Lipinski definition) is 2. The molecule has 0 saturated heterocycles. The first-order valence-electron chi connectivity index (χ1n) is 17.2. The molecule has 3 aromatic carbocycles. The number of para-hydroxylation sites is 1. The van der Waals surface area contributed by atoms with Gasteiger partial charge < -0.3 is 30.0 Å². The van der Waals surface area contributed by atoms with Gasteiger partial charge in [0.2, 0.25) is 0 Å². The van der Waals surface area contributed by atoms with E-state index < -0.39 is 0 Å². The van der Waals surface area contributed by atoms with Crippen molar-refractivity contribution in [3.63, 3.8) is 0 Å². The molecule has 46 heavy (non-hydrogen) atoms. The molecule has 1 aromatic heterocycles. The van der Waals surface area contributed by atoms with Gasteiger partial charge in [0.1, 0.15) is 23.0 Å². The van der Waals surface area contributed by atoms with E-state index in [0.717, 1.165) is 85.0 Å². The number of pyridine rings is 1. The monoisotopic (exact) mass is 629 g/mol. The number of nitrogens with zero attached hydrogens (tertiary/aromatic N) is 1. The molecule has 0 aliphatic rings. The van der Waals surface area contributed by atoms with Gasteiger partial charge in [-0.1, -0.05) is 82.7 Å². The third-order valence-corrected chi connectivity index (χ3v) is 7.32. The number of benzene rings is 3. The fraction of sp³-hybridized carbons (Fsp3) is 0.462. The number of rotatable bonds is 22. The standard InChI is InChI=1S/C24H30N2O2.C15H25NO2/c1-2-3-4-7-17-27-20-10-8-11-21(19-20)28-18-9-15-25-24-14-16-26-23-13-6-5-12-22(23)24;1-2-3-4-5-11-17-14-8-6-9-15(13-14)18-12-7-10-16/h5-6,8,10-14,16,19H,2-4,7,9,15,17-18H2,1H3,(H,25,26);6,8-9,13H,2-5,7,10-12,16H2,1H3. The van der Waals surface area contributed by atoms with Gasteiger partial charge in [-0.2, -0.15) is 0 Å². The molecule has 4 rings (SSSR count). The lowest BCUT2D eigenvalue weighted by Gasteiger charge is -2.11. The van der Waals surface area contributed by atoms with Crippen LogP contribution in [0.3, 0.4) is 0 Å². The van der Waals surface area contributed by atoms with Crippen LogP contribution in [0.1, 0.15) is 78.1 Å². The smallest absolute Gasteiger partial charge is 0.122 e. The van der Waals surface area contributed by atoms with Crippen molar-refractivity contribution in [3.8, 4) is 23.0 Å². The molecule has 0 fully saturated rings. The van der Waals surface area contributed by atoms with Crippen LogP contribution in [0.5, 0.6) is 23.0 Å². The SMILES string of the molecule is CCCCCCOc1cccc(OCCCN)c1.CCCCCCOc1cccc(OCCCNc2ccnc3ccccc23)c1. The van der Waals surface area contributed by atoms with Crippen LogP contribution in [-0.4, -0.2) is 44.5 Å². The predicted octanol–water partition coefficient (Wildman–Crippen LogP) is 9.45. The quantitative estimate of drug-likeness (QED) is 0.0837. The van der Waals surface area contributed by atoms with Crippen LogP contribution in [0.25, 0.3) is 10.9 Å². The largest absolute Gasteiger partial charge is 0.493 e. The van der Waals surface area contributed by atoms with Gasteiger partial charge in [-0.05, 0) is 68.6 Å². The zero-order valence-corrected chi connectivity index (χ0v) is 28.1. The number of anilines is 1. The minimum atomic E-state index is 0.660. The highest BCUT2D eigenvalue weighted by atomic mass is 16.5. The Morgan fingerprint density at radius 3 is 1.63 bits per heavy atom. The Hall–Kier alpha value is -3.97. The fourth-order valence-electron chi connectivity index (χ4n) is 4.75. The van der Waals surface area contributed by atoms with Crippen molar-refractivity contribution >= 4 is 16.6 Å². The number of aromatic nitrogens is 1. The molecule has 0 saturated carbocycles. The average molecular weight is 630 g/mol. The van der Waals surface area contributed by atoms with Crippen LogP contribution in [0.2, 0.25) is 0 Å². The molecule has 7 heteroatoms. The molecular weight excluding hydrogens is 574 g/mol. The summed E-state index contributed by atoms with van der Waals surface area (Å²) in [6.45, 7) is 8.82. The summed E-state index contributed by atoms with van der Waals surface area (Å²) in [5.41, 5.74) is 7.55. The Bertz CT molecular complexity index is 1340. The molecule has 0 amide bonds. The van der Waals surface area contributed by atoms with E-state index in [2.05, 4.69) is 30.2 Å². The van der Waals surface area contributed by atoms with E-state index in [1.807, 2.05) is 79.0 Å². The van der Waals surface area contributed by atoms with Crippen molar-refractivity contribution in [2.45, 2.75) is 78.1 Å². The van der Waals surface area contributed by atoms with E-state index in [9.17, 15) is 0 Å². The Kier molecular flexibility index (Phi) is 18.5. The Balaban J connectivity index is 0.000000277. The first kappa shape index (κ1) is 36.5. The number of unbranched alkanes of at least 4 members (excludes halogenated alkanes) is 6. The Morgan fingerprint density at radius 1 is 0.565 bits per heavy atom. The molecular formula is C39H55N3O4.